The molecule has 11 nitrogen and oxygen atoms in total. The molecule has 0 bridgehead atoms. The Labute approximate surface area is 242 Å². The van der Waals surface area contributed by atoms with Crippen LogP contribution in [0.25, 0.3) is 12.2 Å². The highest BCUT2D eigenvalue weighted by atomic mass is 16.6. The lowest BCUT2D eigenvalue weighted by Gasteiger charge is -2.34. The number of aliphatic hydroxyl groups excluding tert-OH is 1. The number of aliphatic hydroxyl groups is 1. The highest BCUT2D eigenvalue weighted by Crippen LogP contribution is 2.45. The number of carbonyl (C=O) groups is 3. The van der Waals surface area contributed by atoms with Gasteiger partial charge in [-0.2, -0.15) is 0 Å². The summed E-state index contributed by atoms with van der Waals surface area (Å²) < 4.78 is 38.8. The molecule has 1 aliphatic rings. The van der Waals surface area contributed by atoms with Crippen LogP contribution in [0.4, 0.5) is 0 Å². The van der Waals surface area contributed by atoms with E-state index in [1.165, 1.54) is 41.1 Å². The van der Waals surface area contributed by atoms with E-state index in [1.807, 2.05) is 0 Å². The minimum absolute atomic E-state index is 0.121. The Morgan fingerprint density at radius 3 is 1.83 bits per heavy atom. The minimum Gasteiger partial charge on any atom is -0.493 e. The summed E-state index contributed by atoms with van der Waals surface area (Å²) in [7, 11) is 2.86. The molecule has 0 spiro atoms. The zero-order valence-electron chi connectivity index (χ0n) is 23.7. The number of carbonyl (C=O) groups excluding carboxylic acids is 3. The zero-order chi connectivity index (χ0) is 30.4. The van der Waals surface area contributed by atoms with Crippen molar-refractivity contribution in [2.75, 3.05) is 20.8 Å². The van der Waals surface area contributed by atoms with E-state index in [0.717, 1.165) is 5.56 Å². The molecule has 0 saturated carbocycles. The van der Waals surface area contributed by atoms with Gasteiger partial charge in [-0.25, -0.2) is 0 Å². The molecule has 1 heterocycles. The van der Waals surface area contributed by atoms with Crippen molar-refractivity contribution in [2.24, 2.45) is 0 Å². The van der Waals surface area contributed by atoms with Gasteiger partial charge in [0.1, 0.15) is 11.5 Å². The second-order valence-electron chi connectivity index (χ2n) is 9.19. The molecule has 0 unspecified atom stereocenters. The summed E-state index contributed by atoms with van der Waals surface area (Å²) in [4.78, 5) is 34.5. The molecule has 0 amide bonds. The van der Waals surface area contributed by atoms with Crippen LogP contribution < -0.4 is 33.2 Å². The van der Waals surface area contributed by atoms with Crippen molar-refractivity contribution < 1.29 is 52.6 Å². The van der Waals surface area contributed by atoms with Crippen LogP contribution in [-0.2, 0) is 14.4 Å². The van der Waals surface area contributed by atoms with Gasteiger partial charge in [-0.1, -0.05) is 18.2 Å². The van der Waals surface area contributed by atoms with Crippen molar-refractivity contribution >= 4 is 30.1 Å². The predicted molar refractivity (Wildman–Crippen MR) is 150 cm³/mol. The summed E-state index contributed by atoms with van der Waals surface area (Å²) in [6, 6.07) is 13.2. The van der Waals surface area contributed by atoms with Crippen molar-refractivity contribution in [1.29, 1.82) is 0 Å². The number of hydrogen-bond acceptors (Lipinski definition) is 11. The van der Waals surface area contributed by atoms with Crippen LogP contribution in [0.1, 0.15) is 43.6 Å². The molecule has 1 aliphatic heterocycles. The molecule has 0 aliphatic carbocycles. The van der Waals surface area contributed by atoms with Gasteiger partial charge in [-0.15, -0.1) is 0 Å². The molecule has 220 valence electrons. The molecule has 0 aromatic heterocycles. The van der Waals surface area contributed by atoms with Crippen molar-refractivity contribution in [1.82, 2.24) is 0 Å². The number of rotatable bonds is 9. The molecule has 1 N–H and O–H groups in total. The number of benzene rings is 3. The van der Waals surface area contributed by atoms with E-state index in [2.05, 4.69) is 0 Å². The molecule has 3 aromatic carbocycles. The first-order chi connectivity index (χ1) is 20.1. The maximum absolute atomic E-state index is 11.6. The van der Waals surface area contributed by atoms with Gasteiger partial charge in [0.05, 0.1) is 20.8 Å². The van der Waals surface area contributed by atoms with E-state index in [-0.39, 0.29) is 35.4 Å². The van der Waals surface area contributed by atoms with Crippen LogP contribution in [0.15, 0.2) is 48.5 Å². The third-order valence-corrected chi connectivity index (χ3v) is 5.97. The SMILES string of the molecule is COc1cc([C@@H]2Oc3cc(/C=C/c4cc(OC(C)=O)cc(OC(C)=O)c4)ccc3O[C@H]2CO)cc(OC)c1OC(C)=O. The number of esters is 3. The zero-order valence-corrected chi connectivity index (χ0v) is 23.7. The smallest absolute Gasteiger partial charge is 0.308 e. The van der Waals surface area contributed by atoms with Crippen molar-refractivity contribution in [2.45, 2.75) is 33.0 Å². The van der Waals surface area contributed by atoms with Crippen molar-refractivity contribution in [3.05, 3.63) is 65.2 Å². The molecule has 0 fully saturated rings. The fourth-order valence-corrected chi connectivity index (χ4v) is 4.31. The Hall–Kier alpha value is -5.03. The van der Waals surface area contributed by atoms with Gasteiger partial charge in [-0.3, -0.25) is 14.4 Å². The molecule has 42 heavy (non-hydrogen) atoms. The molecule has 3 aromatic rings. The first-order valence-electron chi connectivity index (χ1n) is 12.8. The van der Waals surface area contributed by atoms with E-state index in [0.29, 0.717) is 22.6 Å². The van der Waals surface area contributed by atoms with E-state index in [9.17, 15) is 19.5 Å². The third-order valence-electron chi connectivity index (χ3n) is 5.97. The quantitative estimate of drug-likeness (QED) is 0.218. The summed E-state index contributed by atoms with van der Waals surface area (Å²) in [6.07, 6.45) is 2.03. The van der Waals surface area contributed by atoms with Crippen LogP contribution in [0.3, 0.4) is 0 Å². The minimum atomic E-state index is -0.761. The van der Waals surface area contributed by atoms with Gasteiger partial charge in [0.2, 0.25) is 5.75 Å². The fourth-order valence-electron chi connectivity index (χ4n) is 4.31. The van der Waals surface area contributed by atoms with Crippen LogP contribution in [0.5, 0.6) is 40.2 Å². The Morgan fingerprint density at radius 2 is 1.31 bits per heavy atom. The van der Waals surface area contributed by atoms with Gasteiger partial charge < -0.3 is 38.3 Å². The second-order valence-corrected chi connectivity index (χ2v) is 9.19. The highest BCUT2D eigenvalue weighted by molar-refractivity contribution is 5.76. The summed E-state index contributed by atoms with van der Waals surface area (Å²) in [5.74, 6) is 0.356. The standard InChI is InChI=1S/C31H30O11/c1-17(33)38-23-10-21(11-24(15-23)39-18(2)34)7-6-20-8-9-25-26(12-20)42-30(29(16-32)41-25)22-13-27(36-4)31(40-19(3)35)28(14-22)37-5/h6-15,29-30,32H,16H2,1-5H3/b7-6+/t29-,30-/m0/s1. The number of hydrogen-bond donors (Lipinski definition) is 1. The van der Waals surface area contributed by atoms with E-state index >= 15 is 0 Å². The topological polar surface area (TPSA) is 136 Å². The first-order valence-corrected chi connectivity index (χ1v) is 12.8. The molecule has 4 rings (SSSR count). The van der Waals surface area contributed by atoms with Crippen LogP contribution in [-0.4, -0.2) is 49.9 Å². The van der Waals surface area contributed by atoms with E-state index < -0.39 is 30.1 Å². The van der Waals surface area contributed by atoms with Gasteiger partial charge in [0.15, 0.2) is 35.2 Å². The van der Waals surface area contributed by atoms with E-state index in [4.69, 9.17) is 33.2 Å². The average molecular weight is 579 g/mol. The molecular weight excluding hydrogens is 548 g/mol. The summed E-state index contributed by atoms with van der Waals surface area (Å²) >= 11 is 0. The number of fused-ring (bicyclic) bond motifs is 1. The first kappa shape index (κ1) is 29.9. The maximum atomic E-state index is 11.6. The van der Waals surface area contributed by atoms with Crippen molar-refractivity contribution in [3.8, 4) is 40.2 Å². The lowest BCUT2D eigenvalue weighted by atomic mass is 10.0. The van der Waals surface area contributed by atoms with Crippen LogP contribution in [0.2, 0.25) is 0 Å². The van der Waals surface area contributed by atoms with Gasteiger partial charge in [0, 0.05) is 32.4 Å². The number of ether oxygens (including phenoxy) is 7. The molecule has 2 atom stereocenters. The monoisotopic (exact) mass is 578 g/mol. The Balaban J connectivity index is 1.65. The average Bonchev–Trinajstić information content (AvgIpc) is 2.94. The molecule has 0 radical (unpaired) electrons. The Morgan fingerprint density at radius 1 is 0.738 bits per heavy atom. The van der Waals surface area contributed by atoms with Crippen LogP contribution >= 0.6 is 0 Å². The summed E-state index contributed by atoms with van der Waals surface area (Å²) in [6.45, 7) is 3.48. The Bertz CT molecular complexity index is 1470. The second kappa shape index (κ2) is 13.1. The highest BCUT2D eigenvalue weighted by Gasteiger charge is 2.34. The fraction of sp³-hybridized carbons (Fsp3) is 0.258. The number of methoxy groups -OCH3 is 2. The van der Waals surface area contributed by atoms with Gasteiger partial charge in [-0.05, 0) is 47.5 Å². The predicted octanol–water partition coefficient (Wildman–Crippen LogP) is 4.52. The lowest BCUT2D eigenvalue weighted by Crippen LogP contribution is -2.36. The molecule has 11 heteroatoms. The maximum Gasteiger partial charge on any atom is 0.308 e. The Kier molecular flexibility index (Phi) is 9.33. The largest absolute Gasteiger partial charge is 0.493 e. The van der Waals surface area contributed by atoms with E-state index in [1.54, 1.807) is 54.6 Å². The normalized spacial score (nSPS) is 15.6. The van der Waals surface area contributed by atoms with Gasteiger partial charge in [0.25, 0.3) is 0 Å². The lowest BCUT2D eigenvalue weighted by molar-refractivity contribution is -0.133. The summed E-state index contributed by atoms with van der Waals surface area (Å²) in [5, 5.41) is 10.1. The van der Waals surface area contributed by atoms with Gasteiger partial charge >= 0.3 is 17.9 Å². The van der Waals surface area contributed by atoms with Crippen molar-refractivity contribution in [3.63, 3.8) is 0 Å². The third kappa shape index (κ3) is 7.18. The summed E-state index contributed by atoms with van der Waals surface area (Å²) in [5.41, 5.74) is 1.92. The van der Waals surface area contributed by atoms with Crippen LogP contribution in [0, 0.1) is 0 Å². The molecule has 0 saturated heterocycles. The molecular formula is C31H30O11.